The molecule has 0 saturated carbocycles. The van der Waals surface area contributed by atoms with Crippen LogP contribution in [0.15, 0.2) is 18.2 Å². The highest BCUT2D eigenvalue weighted by atomic mass is 35.5. The number of hydrogen-bond donors (Lipinski definition) is 2. The number of nitro benzene ring substituents is 1. The quantitative estimate of drug-likeness (QED) is 0.635. The average Bonchev–Trinajstić information content (AvgIpc) is 2.25. The molecule has 1 atom stereocenters. The van der Waals surface area contributed by atoms with Gasteiger partial charge in [0.25, 0.3) is 5.69 Å². The van der Waals surface area contributed by atoms with Crippen LogP contribution in [0, 0.1) is 16.0 Å². The van der Waals surface area contributed by atoms with Gasteiger partial charge < -0.3 is 10.4 Å². The lowest BCUT2D eigenvalue weighted by molar-refractivity contribution is -0.384. The first-order valence-electron chi connectivity index (χ1n) is 5.26. The molecule has 0 aliphatic rings. The summed E-state index contributed by atoms with van der Waals surface area (Å²) in [6, 6.07) is 3.05. The minimum Gasteiger partial charge on any atom is -0.480 e. The predicted molar refractivity (Wildman–Crippen MR) is 68.0 cm³/mol. The second kappa shape index (κ2) is 5.68. The van der Waals surface area contributed by atoms with Crippen molar-refractivity contribution in [3.8, 4) is 0 Å². The van der Waals surface area contributed by atoms with Crippen LogP contribution in [0.5, 0.6) is 0 Å². The van der Waals surface area contributed by atoms with Crippen molar-refractivity contribution in [1.82, 2.24) is 0 Å². The molecule has 0 aliphatic carbocycles. The van der Waals surface area contributed by atoms with Crippen LogP contribution in [0.4, 0.5) is 11.4 Å². The third-order valence-electron chi connectivity index (χ3n) is 2.41. The van der Waals surface area contributed by atoms with Crippen molar-refractivity contribution in [3.05, 3.63) is 33.3 Å². The Morgan fingerprint density at radius 1 is 1.50 bits per heavy atom. The zero-order valence-electron chi connectivity index (χ0n) is 9.88. The van der Waals surface area contributed by atoms with Gasteiger partial charge in [0, 0.05) is 12.1 Å². The number of hydrogen-bond acceptors (Lipinski definition) is 4. The van der Waals surface area contributed by atoms with E-state index in [0.717, 1.165) is 0 Å². The molecule has 0 saturated heterocycles. The topological polar surface area (TPSA) is 92.5 Å². The molecule has 0 fully saturated rings. The van der Waals surface area contributed by atoms with E-state index in [0.29, 0.717) is 5.69 Å². The number of benzene rings is 1. The molecule has 98 valence electrons. The van der Waals surface area contributed by atoms with Crippen LogP contribution in [0.3, 0.4) is 0 Å². The standard InChI is InChI=1S/C11H13ClN2O4/c1-6(2)10(11(15)16)13-9-4-3-7(14(17)18)5-8(9)12/h3-6,10,13H,1-2H3,(H,15,16)/t10-/m0/s1. The monoisotopic (exact) mass is 272 g/mol. The Morgan fingerprint density at radius 2 is 2.11 bits per heavy atom. The molecule has 0 heterocycles. The fraction of sp³-hybridized carbons (Fsp3) is 0.364. The normalized spacial score (nSPS) is 12.2. The Labute approximate surface area is 109 Å². The van der Waals surface area contributed by atoms with E-state index in [2.05, 4.69) is 5.32 Å². The molecule has 18 heavy (non-hydrogen) atoms. The van der Waals surface area contributed by atoms with Crippen molar-refractivity contribution < 1.29 is 14.8 Å². The minimum atomic E-state index is -1.00. The van der Waals surface area contributed by atoms with E-state index in [1.165, 1.54) is 18.2 Å². The molecule has 1 aromatic rings. The van der Waals surface area contributed by atoms with Crippen molar-refractivity contribution in [1.29, 1.82) is 0 Å². The number of carboxylic acid groups (broad SMARTS) is 1. The van der Waals surface area contributed by atoms with E-state index in [4.69, 9.17) is 16.7 Å². The Balaban J connectivity index is 2.97. The molecule has 0 aliphatic heterocycles. The lowest BCUT2D eigenvalue weighted by Crippen LogP contribution is -2.34. The first-order valence-corrected chi connectivity index (χ1v) is 5.64. The van der Waals surface area contributed by atoms with Crippen LogP contribution >= 0.6 is 11.6 Å². The number of nitrogens with zero attached hydrogens (tertiary/aromatic N) is 1. The smallest absolute Gasteiger partial charge is 0.326 e. The lowest BCUT2D eigenvalue weighted by atomic mass is 10.0. The number of anilines is 1. The third-order valence-corrected chi connectivity index (χ3v) is 2.72. The van der Waals surface area contributed by atoms with Crippen LogP contribution in [0.2, 0.25) is 5.02 Å². The number of halogens is 1. The zero-order chi connectivity index (χ0) is 13.9. The van der Waals surface area contributed by atoms with Crippen LogP contribution in [0.1, 0.15) is 13.8 Å². The predicted octanol–water partition coefficient (Wildman–Crippen LogP) is 2.77. The highest BCUT2D eigenvalue weighted by molar-refractivity contribution is 6.33. The van der Waals surface area contributed by atoms with Crippen LogP contribution in [-0.4, -0.2) is 22.0 Å². The van der Waals surface area contributed by atoms with E-state index in [-0.39, 0.29) is 16.6 Å². The van der Waals surface area contributed by atoms with Gasteiger partial charge in [-0.15, -0.1) is 0 Å². The first kappa shape index (κ1) is 14.2. The molecule has 2 N–H and O–H groups in total. The van der Waals surface area contributed by atoms with Crippen molar-refractivity contribution >= 4 is 28.9 Å². The molecular formula is C11H13ClN2O4. The first-order chi connectivity index (χ1) is 8.32. The molecule has 0 aromatic heterocycles. The Kier molecular flexibility index (Phi) is 4.49. The Hall–Kier alpha value is -1.82. The third kappa shape index (κ3) is 3.33. The molecule has 0 bridgehead atoms. The molecule has 0 radical (unpaired) electrons. The summed E-state index contributed by atoms with van der Waals surface area (Å²) in [6.45, 7) is 3.51. The summed E-state index contributed by atoms with van der Waals surface area (Å²) in [5.41, 5.74) is 0.227. The largest absolute Gasteiger partial charge is 0.480 e. The summed E-state index contributed by atoms with van der Waals surface area (Å²) in [6.07, 6.45) is 0. The Bertz CT molecular complexity index is 476. The fourth-order valence-electron chi connectivity index (χ4n) is 1.42. The van der Waals surface area contributed by atoms with Gasteiger partial charge in [0.05, 0.1) is 15.6 Å². The van der Waals surface area contributed by atoms with Crippen LogP contribution in [0.25, 0.3) is 0 Å². The number of carboxylic acids is 1. The van der Waals surface area contributed by atoms with Gasteiger partial charge in [-0.2, -0.15) is 0 Å². The minimum absolute atomic E-state index is 0.121. The zero-order valence-corrected chi connectivity index (χ0v) is 10.6. The molecule has 1 rings (SSSR count). The van der Waals surface area contributed by atoms with Crippen molar-refractivity contribution in [2.24, 2.45) is 5.92 Å². The SMILES string of the molecule is CC(C)[C@H](Nc1ccc([N+](=O)[O-])cc1Cl)C(=O)O. The van der Waals surface area contributed by atoms with Crippen molar-refractivity contribution in [2.75, 3.05) is 5.32 Å². The summed E-state index contributed by atoms with van der Waals surface area (Å²) in [5.74, 6) is -1.15. The number of aliphatic carboxylic acids is 1. The van der Waals surface area contributed by atoms with E-state index in [1.807, 2.05) is 0 Å². The number of non-ortho nitro benzene ring substituents is 1. The highest BCUT2D eigenvalue weighted by Gasteiger charge is 2.22. The van der Waals surface area contributed by atoms with E-state index < -0.39 is 16.9 Å². The van der Waals surface area contributed by atoms with Gasteiger partial charge >= 0.3 is 5.97 Å². The van der Waals surface area contributed by atoms with Gasteiger partial charge in [0.1, 0.15) is 6.04 Å². The van der Waals surface area contributed by atoms with E-state index in [9.17, 15) is 14.9 Å². The summed E-state index contributed by atoms with van der Waals surface area (Å²) >= 11 is 5.87. The molecule has 7 heteroatoms. The van der Waals surface area contributed by atoms with Crippen LogP contribution < -0.4 is 5.32 Å². The number of rotatable bonds is 5. The molecule has 6 nitrogen and oxygen atoms in total. The van der Waals surface area contributed by atoms with Gasteiger partial charge in [-0.05, 0) is 12.0 Å². The molecular weight excluding hydrogens is 260 g/mol. The summed E-state index contributed by atoms with van der Waals surface area (Å²) in [4.78, 5) is 21.0. The van der Waals surface area contributed by atoms with Gasteiger partial charge in [0.2, 0.25) is 0 Å². The second-order valence-corrected chi connectivity index (χ2v) is 4.53. The van der Waals surface area contributed by atoms with E-state index >= 15 is 0 Å². The highest BCUT2D eigenvalue weighted by Crippen LogP contribution is 2.27. The van der Waals surface area contributed by atoms with Crippen LogP contribution in [-0.2, 0) is 4.79 Å². The van der Waals surface area contributed by atoms with Crippen molar-refractivity contribution in [3.63, 3.8) is 0 Å². The number of carbonyl (C=O) groups is 1. The maximum absolute atomic E-state index is 11.0. The number of nitrogens with one attached hydrogen (secondary N) is 1. The van der Waals surface area contributed by atoms with Gasteiger partial charge in [-0.1, -0.05) is 25.4 Å². The van der Waals surface area contributed by atoms with Gasteiger partial charge in [-0.25, -0.2) is 4.79 Å². The molecule has 0 amide bonds. The molecule has 0 unspecified atom stereocenters. The molecule has 0 spiro atoms. The average molecular weight is 273 g/mol. The van der Waals surface area contributed by atoms with E-state index in [1.54, 1.807) is 13.8 Å². The maximum atomic E-state index is 11.0. The lowest BCUT2D eigenvalue weighted by Gasteiger charge is -2.19. The summed E-state index contributed by atoms with van der Waals surface area (Å²) in [5, 5.41) is 22.4. The Morgan fingerprint density at radius 3 is 2.50 bits per heavy atom. The molecule has 1 aromatic carbocycles. The van der Waals surface area contributed by atoms with Gasteiger partial charge in [-0.3, -0.25) is 10.1 Å². The second-order valence-electron chi connectivity index (χ2n) is 4.13. The van der Waals surface area contributed by atoms with Gasteiger partial charge in [0.15, 0.2) is 0 Å². The number of nitro groups is 1. The maximum Gasteiger partial charge on any atom is 0.326 e. The summed E-state index contributed by atoms with van der Waals surface area (Å²) < 4.78 is 0. The van der Waals surface area contributed by atoms with Crippen molar-refractivity contribution in [2.45, 2.75) is 19.9 Å². The summed E-state index contributed by atoms with van der Waals surface area (Å²) in [7, 11) is 0. The fourth-order valence-corrected chi connectivity index (χ4v) is 1.65.